The lowest BCUT2D eigenvalue weighted by atomic mass is 10.1. The van der Waals surface area contributed by atoms with Crippen molar-refractivity contribution < 1.29 is 4.79 Å². The van der Waals surface area contributed by atoms with Gasteiger partial charge in [0.05, 0.1) is 5.75 Å². The highest BCUT2D eigenvalue weighted by atomic mass is 32.2. The van der Waals surface area contributed by atoms with Crippen molar-refractivity contribution in [2.75, 3.05) is 19.8 Å². The molecule has 20 heavy (non-hydrogen) atoms. The predicted octanol–water partition coefficient (Wildman–Crippen LogP) is 2.90. The van der Waals surface area contributed by atoms with E-state index >= 15 is 0 Å². The molecular formula is C16H26N2OS. The number of hydrogen-bond acceptors (Lipinski definition) is 3. The molecule has 0 spiro atoms. The Kier molecular flexibility index (Phi) is 6.56. The highest BCUT2D eigenvalue weighted by molar-refractivity contribution is 8.01. The molecule has 0 aliphatic carbocycles. The Labute approximate surface area is 127 Å². The molecule has 0 saturated heterocycles. The standard InChI is InChI=1S/C16H26N2OS/c1-16(2,3)20-12-15(19)17-10-13-6-8-14(9-7-13)11-18(4)5/h6-9H,10-12H2,1-5H3,(H,17,19). The second-order valence-electron chi connectivity index (χ2n) is 6.23. The number of hydrogen-bond donors (Lipinski definition) is 1. The number of carbonyl (C=O) groups is 1. The predicted molar refractivity (Wildman–Crippen MR) is 87.9 cm³/mol. The average molecular weight is 294 g/mol. The molecular weight excluding hydrogens is 268 g/mol. The number of nitrogens with one attached hydrogen (secondary N) is 1. The van der Waals surface area contributed by atoms with Crippen LogP contribution in [0.2, 0.25) is 0 Å². The van der Waals surface area contributed by atoms with Gasteiger partial charge >= 0.3 is 0 Å². The van der Waals surface area contributed by atoms with E-state index in [2.05, 4.69) is 69.3 Å². The molecule has 0 bridgehead atoms. The van der Waals surface area contributed by atoms with Crippen molar-refractivity contribution in [3.05, 3.63) is 35.4 Å². The molecule has 0 radical (unpaired) electrons. The van der Waals surface area contributed by atoms with E-state index in [0.29, 0.717) is 12.3 Å². The highest BCUT2D eigenvalue weighted by Crippen LogP contribution is 2.22. The first kappa shape index (κ1) is 17.1. The SMILES string of the molecule is CN(C)Cc1ccc(CNC(=O)CSC(C)(C)C)cc1. The first-order valence-electron chi connectivity index (χ1n) is 6.89. The molecule has 0 fully saturated rings. The number of rotatable bonds is 6. The second-order valence-corrected chi connectivity index (χ2v) is 8.03. The number of thioether (sulfide) groups is 1. The maximum absolute atomic E-state index is 11.7. The van der Waals surface area contributed by atoms with E-state index < -0.39 is 0 Å². The number of nitrogens with zero attached hydrogens (tertiary/aromatic N) is 1. The average Bonchev–Trinajstić information content (AvgIpc) is 2.34. The van der Waals surface area contributed by atoms with Crippen molar-refractivity contribution in [1.29, 1.82) is 0 Å². The van der Waals surface area contributed by atoms with Gasteiger partial charge in [0.2, 0.25) is 5.91 Å². The van der Waals surface area contributed by atoms with Gasteiger partial charge in [0.25, 0.3) is 0 Å². The fraction of sp³-hybridized carbons (Fsp3) is 0.562. The summed E-state index contributed by atoms with van der Waals surface area (Å²) < 4.78 is 0.130. The van der Waals surface area contributed by atoms with Gasteiger partial charge in [-0.25, -0.2) is 0 Å². The van der Waals surface area contributed by atoms with Crippen LogP contribution in [0.25, 0.3) is 0 Å². The summed E-state index contributed by atoms with van der Waals surface area (Å²) in [6, 6.07) is 8.39. The summed E-state index contributed by atoms with van der Waals surface area (Å²) in [6.45, 7) is 7.90. The van der Waals surface area contributed by atoms with Crippen LogP contribution in [-0.2, 0) is 17.9 Å². The molecule has 0 saturated carbocycles. The highest BCUT2D eigenvalue weighted by Gasteiger charge is 2.12. The molecule has 3 nitrogen and oxygen atoms in total. The van der Waals surface area contributed by atoms with E-state index in [0.717, 1.165) is 12.1 Å². The third-order valence-corrected chi connectivity index (χ3v) is 3.92. The molecule has 1 amide bonds. The summed E-state index contributed by atoms with van der Waals surface area (Å²) in [7, 11) is 4.11. The van der Waals surface area contributed by atoms with Crippen molar-refractivity contribution >= 4 is 17.7 Å². The molecule has 0 aliphatic rings. The molecule has 112 valence electrons. The quantitative estimate of drug-likeness (QED) is 0.875. The van der Waals surface area contributed by atoms with Gasteiger partial charge in [0.15, 0.2) is 0 Å². The molecule has 0 unspecified atom stereocenters. The normalized spacial score (nSPS) is 11.7. The summed E-state index contributed by atoms with van der Waals surface area (Å²) in [6.07, 6.45) is 0. The molecule has 0 aromatic heterocycles. The summed E-state index contributed by atoms with van der Waals surface area (Å²) in [5, 5.41) is 2.96. The van der Waals surface area contributed by atoms with Crippen LogP contribution in [0.1, 0.15) is 31.9 Å². The lowest BCUT2D eigenvalue weighted by Gasteiger charge is -2.17. The summed E-state index contributed by atoms with van der Waals surface area (Å²) >= 11 is 1.67. The number of benzene rings is 1. The smallest absolute Gasteiger partial charge is 0.230 e. The van der Waals surface area contributed by atoms with Crippen LogP contribution in [0.15, 0.2) is 24.3 Å². The van der Waals surface area contributed by atoms with E-state index in [1.54, 1.807) is 11.8 Å². The fourth-order valence-electron chi connectivity index (χ4n) is 1.66. The van der Waals surface area contributed by atoms with Crippen LogP contribution in [-0.4, -0.2) is 35.4 Å². The Morgan fingerprint density at radius 3 is 2.20 bits per heavy atom. The van der Waals surface area contributed by atoms with Crippen molar-refractivity contribution in [2.24, 2.45) is 0 Å². The summed E-state index contributed by atoms with van der Waals surface area (Å²) in [5.41, 5.74) is 2.43. The fourth-order valence-corrected chi connectivity index (χ4v) is 2.33. The molecule has 1 aromatic rings. The second kappa shape index (κ2) is 7.70. The van der Waals surface area contributed by atoms with E-state index in [-0.39, 0.29) is 10.7 Å². The van der Waals surface area contributed by atoms with Crippen molar-refractivity contribution in [1.82, 2.24) is 10.2 Å². The Bertz CT molecular complexity index is 421. The van der Waals surface area contributed by atoms with Crippen LogP contribution in [0.4, 0.5) is 0 Å². The molecule has 0 aliphatic heterocycles. The Hall–Kier alpha value is -1.00. The van der Waals surface area contributed by atoms with Crippen LogP contribution in [0, 0.1) is 0 Å². The van der Waals surface area contributed by atoms with Gasteiger partial charge in [-0.3, -0.25) is 4.79 Å². The summed E-state index contributed by atoms with van der Waals surface area (Å²) in [4.78, 5) is 13.9. The minimum absolute atomic E-state index is 0.0993. The molecule has 1 rings (SSSR count). The van der Waals surface area contributed by atoms with Crippen LogP contribution < -0.4 is 5.32 Å². The van der Waals surface area contributed by atoms with E-state index in [1.165, 1.54) is 5.56 Å². The van der Waals surface area contributed by atoms with Gasteiger partial charge in [0, 0.05) is 17.8 Å². The number of carbonyl (C=O) groups excluding carboxylic acids is 1. The van der Waals surface area contributed by atoms with Gasteiger partial charge in [-0.1, -0.05) is 45.0 Å². The maximum Gasteiger partial charge on any atom is 0.230 e. The zero-order chi connectivity index (χ0) is 15.2. The van der Waals surface area contributed by atoms with Crippen molar-refractivity contribution in [2.45, 2.75) is 38.6 Å². The zero-order valence-electron chi connectivity index (χ0n) is 13.2. The third kappa shape index (κ3) is 7.56. The van der Waals surface area contributed by atoms with Gasteiger partial charge in [-0.2, -0.15) is 0 Å². The molecule has 4 heteroatoms. The maximum atomic E-state index is 11.7. The monoisotopic (exact) mass is 294 g/mol. The van der Waals surface area contributed by atoms with Crippen molar-refractivity contribution in [3.8, 4) is 0 Å². The minimum Gasteiger partial charge on any atom is -0.351 e. The van der Waals surface area contributed by atoms with Crippen LogP contribution >= 0.6 is 11.8 Å². The van der Waals surface area contributed by atoms with Gasteiger partial charge in [-0.15, -0.1) is 11.8 Å². The minimum atomic E-state index is 0.0993. The lowest BCUT2D eigenvalue weighted by molar-refractivity contribution is -0.118. The Morgan fingerprint density at radius 1 is 1.15 bits per heavy atom. The largest absolute Gasteiger partial charge is 0.351 e. The first-order valence-corrected chi connectivity index (χ1v) is 7.88. The molecule has 1 N–H and O–H groups in total. The van der Waals surface area contributed by atoms with Crippen LogP contribution in [0.5, 0.6) is 0 Å². The number of amides is 1. The molecule has 1 aromatic carbocycles. The zero-order valence-corrected chi connectivity index (χ0v) is 14.0. The first-order chi connectivity index (χ1) is 9.26. The van der Waals surface area contributed by atoms with E-state index in [1.807, 2.05) is 0 Å². The Balaban J connectivity index is 2.36. The lowest BCUT2D eigenvalue weighted by Crippen LogP contribution is -2.26. The van der Waals surface area contributed by atoms with Gasteiger partial charge in [0.1, 0.15) is 0 Å². The summed E-state index contributed by atoms with van der Waals surface area (Å²) in [5.74, 6) is 0.615. The third-order valence-electron chi connectivity index (χ3n) is 2.65. The van der Waals surface area contributed by atoms with E-state index in [9.17, 15) is 4.79 Å². The van der Waals surface area contributed by atoms with Crippen molar-refractivity contribution in [3.63, 3.8) is 0 Å². The topological polar surface area (TPSA) is 32.3 Å². The Morgan fingerprint density at radius 2 is 1.70 bits per heavy atom. The van der Waals surface area contributed by atoms with Gasteiger partial charge in [-0.05, 0) is 25.2 Å². The van der Waals surface area contributed by atoms with Crippen LogP contribution in [0.3, 0.4) is 0 Å². The van der Waals surface area contributed by atoms with E-state index in [4.69, 9.17) is 0 Å². The molecule has 0 heterocycles. The van der Waals surface area contributed by atoms with Gasteiger partial charge < -0.3 is 10.2 Å². The molecule has 0 atom stereocenters.